The number of aromatic nitrogens is 1. The average Bonchev–Trinajstić information content (AvgIpc) is 2.46. The van der Waals surface area contributed by atoms with Gasteiger partial charge in [-0.3, -0.25) is 4.98 Å². The minimum Gasteiger partial charge on any atom is -0.367 e. The highest BCUT2D eigenvalue weighted by Crippen LogP contribution is 2.39. The molecule has 3 rings (SSSR count). The van der Waals surface area contributed by atoms with Gasteiger partial charge in [0.05, 0.1) is 21.8 Å². The summed E-state index contributed by atoms with van der Waals surface area (Å²) in [6.45, 7) is 2.96. The third-order valence-electron chi connectivity index (χ3n) is 3.56. The van der Waals surface area contributed by atoms with Gasteiger partial charge in [-0.15, -0.1) is 0 Å². The molecule has 21 heavy (non-hydrogen) atoms. The molecule has 112 valence electrons. The van der Waals surface area contributed by atoms with Crippen LogP contribution in [0.25, 0.3) is 10.9 Å². The van der Waals surface area contributed by atoms with Gasteiger partial charge in [0.1, 0.15) is 0 Å². The zero-order valence-electron chi connectivity index (χ0n) is 11.0. The molecule has 2 heterocycles. The van der Waals surface area contributed by atoms with E-state index in [0.717, 1.165) is 19.2 Å². The first-order valence-electron chi connectivity index (χ1n) is 6.58. The molecule has 0 spiro atoms. The van der Waals surface area contributed by atoms with Crippen LogP contribution in [0.4, 0.5) is 18.9 Å². The number of alkyl halides is 3. The van der Waals surface area contributed by atoms with Crippen LogP contribution in [0, 0.1) is 0 Å². The summed E-state index contributed by atoms with van der Waals surface area (Å²) in [4.78, 5) is 5.91. The van der Waals surface area contributed by atoms with Gasteiger partial charge in [-0.05, 0) is 6.07 Å². The van der Waals surface area contributed by atoms with Gasteiger partial charge in [-0.1, -0.05) is 23.7 Å². The summed E-state index contributed by atoms with van der Waals surface area (Å²) in [5, 5.41) is 4.03. The second kappa shape index (κ2) is 5.35. The fourth-order valence-corrected chi connectivity index (χ4v) is 2.89. The number of piperazine rings is 1. The van der Waals surface area contributed by atoms with E-state index in [-0.39, 0.29) is 5.52 Å². The Bertz CT molecular complexity index is 666. The van der Waals surface area contributed by atoms with Crippen LogP contribution < -0.4 is 10.2 Å². The van der Waals surface area contributed by atoms with E-state index in [1.54, 1.807) is 6.07 Å². The molecular weight excluding hydrogens is 303 g/mol. The molecule has 1 N–H and O–H groups in total. The largest absolute Gasteiger partial charge is 0.418 e. The van der Waals surface area contributed by atoms with Crippen molar-refractivity contribution in [3.8, 4) is 0 Å². The van der Waals surface area contributed by atoms with Gasteiger partial charge in [0.25, 0.3) is 0 Å². The topological polar surface area (TPSA) is 28.2 Å². The Morgan fingerprint density at radius 1 is 1.19 bits per heavy atom. The lowest BCUT2D eigenvalue weighted by Gasteiger charge is -2.31. The molecule has 1 aliphatic heterocycles. The van der Waals surface area contributed by atoms with Gasteiger partial charge in [0.15, 0.2) is 0 Å². The molecule has 0 aliphatic carbocycles. The Hall–Kier alpha value is -1.53. The maximum absolute atomic E-state index is 13.1. The fourth-order valence-electron chi connectivity index (χ4n) is 2.62. The predicted molar refractivity (Wildman–Crippen MR) is 76.8 cm³/mol. The summed E-state index contributed by atoms with van der Waals surface area (Å²) in [6.07, 6.45) is -3.13. The number of rotatable bonds is 1. The number of pyridine rings is 1. The van der Waals surface area contributed by atoms with Crippen molar-refractivity contribution in [3.63, 3.8) is 0 Å². The van der Waals surface area contributed by atoms with Crippen LogP contribution in [0.3, 0.4) is 0 Å². The molecule has 1 aromatic carbocycles. The van der Waals surface area contributed by atoms with Gasteiger partial charge in [-0.2, -0.15) is 13.2 Å². The molecule has 0 unspecified atom stereocenters. The third kappa shape index (κ3) is 2.65. The van der Waals surface area contributed by atoms with Crippen LogP contribution in [0.15, 0.2) is 24.4 Å². The van der Waals surface area contributed by atoms with E-state index >= 15 is 0 Å². The summed E-state index contributed by atoms with van der Waals surface area (Å²) in [6, 6.07) is 4.08. The van der Waals surface area contributed by atoms with Crippen LogP contribution in [-0.4, -0.2) is 31.2 Å². The quantitative estimate of drug-likeness (QED) is 0.875. The Balaban J connectivity index is 2.22. The van der Waals surface area contributed by atoms with E-state index in [4.69, 9.17) is 11.6 Å². The van der Waals surface area contributed by atoms with E-state index in [9.17, 15) is 13.2 Å². The van der Waals surface area contributed by atoms with Crippen molar-refractivity contribution in [2.75, 3.05) is 31.1 Å². The number of fused-ring (bicyclic) bond motifs is 1. The molecule has 0 saturated carbocycles. The number of halogens is 4. The third-order valence-corrected chi connectivity index (χ3v) is 3.84. The first-order chi connectivity index (χ1) is 9.98. The van der Waals surface area contributed by atoms with Gasteiger partial charge < -0.3 is 10.2 Å². The lowest BCUT2D eigenvalue weighted by atomic mass is 10.1. The van der Waals surface area contributed by atoms with Crippen molar-refractivity contribution in [1.29, 1.82) is 0 Å². The number of nitrogens with zero attached hydrogens (tertiary/aromatic N) is 2. The molecule has 0 atom stereocenters. The van der Waals surface area contributed by atoms with Crippen LogP contribution in [-0.2, 0) is 6.18 Å². The smallest absolute Gasteiger partial charge is 0.367 e. The minimum atomic E-state index is -4.43. The van der Waals surface area contributed by atoms with Crippen molar-refractivity contribution >= 4 is 28.2 Å². The molecule has 0 bridgehead atoms. The number of anilines is 1. The summed E-state index contributed by atoms with van der Waals surface area (Å²) >= 11 is 6.20. The Labute approximate surface area is 124 Å². The SMILES string of the molecule is FC(F)(F)c1cccc2c(N3CCNCC3)c(Cl)cnc12. The van der Waals surface area contributed by atoms with Gasteiger partial charge in [0.2, 0.25) is 0 Å². The summed E-state index contributed by atoms with van der Waals surface area (Å²) in [5.74, 6) is 0. The zero-order chi connectivity index (χ0) is 15.0. The highest BCUT2D eigenvalue weighted by atomic mass is 35.5. The summed E-state index contributed by atoms with van der Waals surface area (Å²) in [5.41, 5.74) is -0.148. The van der Waals surface area contributed by atoms with E-state index in [0.29, 0.717) is 29.2 Å². The van der Waals surface area contributed by atoms with E-state index < -0.39 is 11.7 Å². The number of hydrogen-bond donors (Lipinski definition) is 1. The molecule has 3 nitrogen and oxygen atoms in total. The number of nitrogens with one attached hydrogen (secondary N) is 1. The minimum absolute atomic E-state index is 0.0528. The van der Waals surface area contributed by atoms with Crippen LogP contribution in [0.5, 0.6) is 0 Å². The Morgan fingerprint density at radius 3 is 2.57 bits per heavy atom. The average molecular weight is 316 g/mol. The van der Waals surface area contributed by atoms with E-state index in [2.05, 4.69) is 10.3 Å². The zero-order valence-corrected chi connectivity index (χ0v) is 11.8. The molecule has 7 heteroatoms. The van der Waals surface area contributed by atoms with Crippen LogP contribution in [0.1, 0.15) is 5.56 Å². The van der Waals surface area contributed by atoms with Crippen molar-refractivity contribution in [1.82, 2.24) is 10.3 Å². The second-order valence-corrected chi connectivity index (χ2v) is 5.30. The first kappa shape index (κ1) is 14.4. The normalized spacial score (nSPS) is 16.5. The molecule has 1 saturated heterocycles. The second-order valence-electron chi connectivity index (χ2n) is 4.89. The van der Waals surface area contributed by atoms with E-state index in [1.165, 1.54) is 12.3 Å². The number of hydrogen-bond acceptors (Lipinski definition) is 3. The van der Waals surface area contributed by atoms with Gasteiger partial charge in [-0.25, -0.2) is 0 Å². The summed E-state index contributed by atoms with van der Waals surface area (Å²) < 4.78 is 39.3. The highest BCUT2D eigenvalue weighted by Gasteiger charge is 2.34. The lowest BCUT2D eigenvalue weighted by Crippen LogP contribution is -2.43. The molecular formula is C14H13ClF3N3. The van der Waals surface area contributed by atoms with E-state index in [1.807, 2.05) is 4.90 Å². The first-order valence-corrected chi connectivity index (χ1v) is 6.96. The molecule has 0 radical (unpaired) electrons. The number of para-hydroxylation sites is 1. The van der Waals surface area contributed by atoms with Gasteiger partial charge in [0, 0.05) is 37.8 Å². The van der Waals surface area contributed by atoms with Gasteiger partial charge >= 0.3 is 6.18 Å². The van der Waals surface area contributed by atoms with Crippen LogP contribution >= 0.6 is 11.6 Å². The predicted octanol–water partition coefficient (Wildman–Crippen LogP) is 3.32. The monoisotopic (exact) mass is 315 g/mol. The standard InChI is InChI=1S/C14H13ClF3N3/c15-11-8-20-12-9(2-1-3-10(12)14(16,17)18)13(11)21-6-4-19-5-7-21/h1-3,8,19H,4-7H2. The maximum Gasteiger partial charge on any atom is 0.418 e. The fraction of sp³-hybridized carbons (Fsp3) is 0.357. The lowest BCUT2D eigenvalue weighted by molar-refractivity contribution is -0.136. The highest BCUT2D eigenvalue weighted by molar-refractivity contribution is 6.34. The number of benzene rings is 1. The molecule has 1 fully saturated rings. The van der Waals surface area contributed by atoms with Crippen molar-refractivity contribution < 1.29 is 13.2 Å². The maximum atomic E-state index is 13.1. The molecule has 1 aliphatic rings. The summed E-state index contributed by atoms with van der Waals surface area (Å²) in [7, 11) is 0. The molecule has 0 amide bonds. The molecule has 1 aromatic heterocycles. The van der Waals surface area contributed by atoms with Crippen molar-refractivity contribution in [3.05, 3.63) is 35.0 Å². The van der Waals surface area contributed by atoms with Crippen LogP contribution in [0.2, 0.25) is 5.02 Å². The molecule has 2 aromatic rings. The Kier molecular flexibility index (Phi) is 3.67. The van der Waals surface area contributed by atoms with Crippen molar-refractivity contribution in [2.45, 2.75) is 6.18 Å². The van der Waals surface area contributed by atoms with Crippen molar-refractivity contribution in [2.24, 2.45) is 0 Å². The Morgan fingerprint density at radius 2 is 1.90 bits per heavy atom.